The molecule has 0 spiro atoms. The molecule has 0 saturated carbocycles. The van der Waals surface area contributed by atoms with Crippen LogP contribution in [0, 0.1) is 3.57 Å². The van der Waals surface area contributed by atoms with Crippen LogP contribution in [0.2, 0.25) is 0 Å². The maximum atomic E-state index is 12.3. The molecule has 96 valence electrons. The Hall–Kier alpha value is -1.31. The Balaban J connectivity index is 2.30. The van der Waals surface area contributed by atoms with E-state index in [4.69, 9.17) is 0 Å². The van der Waals surface area contributed by atoms with Gasteiger partial charge in [0.1, 0.15) is 11.8 Å². The summed E-state index contributed by atoms with van der Waals surface area (Å²) < 4.78 is 0.864. The summed E-state index contributed by atoms with van der Waals surface area (Å²) >= 11 is 2.07. The quantitative estimate of drug-likeness (QED) is 0.733. The van der Waals surface area contributed by atoms with Gasteiger partial charge >= 0.3 is 0 Å². The van der Waals surface area contributed by atoms with Gasteiger partial charge in [0.05, 0.1) is 5.56 Å². The van der Waals surface area contributed by atoms with Crippen molar-refractivity contribution in [3.05, 3.63) is 27.3 Å². The van der Waals surface area contributed by atoms with Crippen LogP contribution in [0.15, 0.2) is 18.2 Å². The minimum atomic E-state index is -0.511. The number of aromatic hydroxyl groups is 1. The number of phenolic OH excluding ortho intramolecular Hbond substituents is 1. The lowest BCUT2D eigenvalue weighted by Crippen LogP contribution is -2.55. The van der Waals surface area contributed by atoms with Crippen molar-refractivity contribution in [2.45, 2.75) is 13.0 Å². The van der Waals surface area contributed by atoms with E-state index in [1.54, 1.807) is 19.1 Å². The van der Waals surface area contributed by atoms with Crippen molar-refractivity contribution in [1.29, 1.82) is 0 Å². The summed E-state index contributed by atoms with van der Waals surface area (Å²) in [5, 5.41) is 12.4. The number of carbonyl (C=O) groups excluding carboxylic acids is 2. The van der Waals surface area contributed by atoms with E-state index in [2.05, 4.69) is 27.9 Å². The van der Waals surface area contributed by atoms with Crippen LogP contribution in [0.3, 0.4) is 0 Å². The van der Waals surface area contributed by atoms with Crippen molar-refractivity contribution in [3.8, 4) is 5.75 Å². The third-order valence-electron chi connectivity index (χ3n) is 2.95. The van der Waals surface area contributed by atoms with Crippen LogP contribution in [0.25, 0.3) is 0 Å². The van der Waals surface area contributed by atoms with Gasteiger partial charge in [-0.2, -0.15) is 0 Å². The number of rotatable bonds is 1. The second kappa shape index (κ2) is 5.13. The first-order valence-electron chi connectivity index (χ1n) is 5.58. The lowest BCUT2D eigenvalue weighted by molar-refractivity contribution is -0.127. The van der Waals surface area contributed by atoms with E-state index in [1.807, 2.05) is 0 Å². The molecule has 5 nitrogen and oxygen atoms in total. The molecule has 0 aliphatic carbocycles. The molecule has 0 bridgehead atoms. The number of nitrogens with one attached hydrogen (secondary N) is 1. The molecule has 18 heavy (non-hydrogen) atoms. The van der Waals surface area contributed by atoms with Crippen LogP contribution in [0.4, 0.5) is 0 Å². The van der Waals surface area contributed by atoms with Gasteiger partial charge in [-0.1, -0.05) is 0 Å². The third-order valence-corrected chi connectivity index (χ3v) is 3.62. The lowest BCUT2D eigenvalue weighted by Gasteiger charge is -2.33. The van der Waals surface area contributed by atoms with E-state index in [0.717, 1.165) is 3.57 Å². The van der Waals surface area contributed by atoms with E-state index in [-0.39, 0.29) is 23.1 Å². The fourth-order valence-corrected chi connectivity index (χ4v) is 2.39. The molecular formula is C12H13IN2O3. The van der Waals surface area contributed by atoms with Gasteiger partial charge in [-0.15, -0.1) is 0 Å². The zero-order valence-electron chi connectivity index (χ0n) is 9.81. The zero-order valence-corrected chi connectivity index (χ0v) is 12.0. The Morgan fingerprint density at radius 1 is 1.56 bits per heavy atom. The van der Waals surface area contributed by atoms with Crippen LogP contribution < -0.4 is 5.32 Å². The summed E-state index contributed by atoms with van der Waals surface area (Å²) in [6, 6.07) is 4.32. The van der Waals surface area contributed by atoms with Gasteiger partial charge < -0.3 is 15.3 Å². The molecule has 0 radical (unpaired) electrons. The average molecular weight is 360 g/mol. The number of carbonyl (C=O) groups is 2. The van der Waals surface area contributed by atoms with Gasteiger partial charge in [-0.3, -0.25) is 9.59 Å². The van der Waals surface area contributed by atoms with Gasteiger partial charge in [0.2, 0.25) is 5.91 Å². The van der Waals surface area contributed by atoms with Gasteiger partial charge in [0.25, 0.3) is 5.91 Å². The summed E-state index contributed by atoms with van der Waals surface area (Å²) in [7, 11) is 0. The minimum absolute atomic E-state index is 0.0569. The Kier molecular flexibility index (Phi) is 3.74. The largest absolute Gasteiger partial charge is 0.507 e. The lowest BCUT2D eigenvalue weighted by atomic mass is 10.1. The predicted molar refractivity (Wildman–Crippen MR) is 74.3 cm³/mol. The van der Waals surface area contributed by atoms with E-state index in [0.29, 0.717) is 13.1 Å². The molecule has 1 heterocycles. The van der Waals surface area contributed by atoms with E-state index < -0.39 is 6.04 Å². The minimum Gasteiger partial charge on any atom is -0.507 e. The maximum Gasteiger partial charge on any atom is 0.258 e. The van der Waals surface area contributed by atoms with Crippen molar-refractivity contribution in [3.63, 3.8) is 0 Å². The van der Waals surface area contributed by atoms with Gasteiger partial charge in [-0.25, -0.2) is 0 Å². The number of halogens is 1. The van der Waals surface area contributed by atoms with E-state index in [9.17, 15) is 14.7 Å². The van der Waals surface area contributed by atoms with Crippen molar-refractivity contribution in [2.24, 2.45) is 0 Å². The first kappa shape index (κ1) is 13.1. The molecule has 6 heteroatoms. The topological polar surface area (TPSA) is 69.6 Å². The molecule has 1 aromatic rings. The number of phenols is 1. The first-order valence-corrected chi connectivity index (χ1v) is 6.66. The first-order chi connectivity index (χ1) is 8.50. The SMILES string of the molecule is CC1C(=O)NCCN1C(=O)c1cc(I)ccc1O. The van der Waals surface area contributed by atoms with Crippen LogP contribution in [-0.4, -0.2) is 41.0 Å². The normalized spacial score (nSPS) is 19.6. The molecule has 2 N–H and O–H groups in total. The van der Waals surface area contributed by atoms with Gasteiger partial charge in [0, 0.05) is 16.7 Å². The fraction of sp³-hybridized carbons (Fsp3) is 0.333. The van der Waals surface area contributed by atoms with Crippen molar-refractivity contribution >= 4 is 34.4 Å². The Labute approximate surface area is 118 Å². The number of amides is 2. The molecule has 2 rings (SSSR count). The number of nitrogens with zero attached hydrogens (tertiary/aromatic N) is 1. The Bertz CT molecular complexity index is 504. The van der Waals surface area contributed by atoms with Crippen LogP contribution in [0.1, 0.15) is 17.3 Å². The van der Waals surface area contributed by atoms with Crippen LogP contribution in [0.5, 0.6) is 5.75 Å². The standard InChI is InChI=1S/C12H13IN2O3/c1-7-11(17)14-4-5-15(7)12(18)9-6-8(13)2-3-10(9)16/h2-3,6-7,16H,4-5H2,1H3,(H,14,17). The fourth-order valence-electron chi connectivity index (χ4n) is 1.89. The van der Waals surface area contributed by atoms with Gasteiger partial charge in [0.15, 0.2) is 0 Å². The number of benzene rings is 1. The van der Waals surface area contributed by atoms with Crippen molar-refractivity contribution in [2.75, 3.05) is 13.1 Å². The number of hydrogen-bond acceptors (Lipinski definition) is 3. The maximum absolute atomic E-state index is 12.3. The molecule has 1 unspecified atom stereocenters. The molecule has 0 aromatic heterocycles. The van der Waals surface area contributed by atoms with Gasteiger partial charge in [-0.05, 0) is 47.7 Å². The molecule has 2 amide bonds. The second-order valence-electron chi connectivity index (χ2n) is 4.13. The predicted octanol–water partition coefficient (Wildman–Crippen LogP) is 0.957. The van der Waals surface area contributed by atoms with E-state index >= 15 is 0 Å². The molecule has 1 aliphatic rings. The number of hydrogen-bond donors (Lipinski definition) is 2. The molecule has 1 aliphatic heterocycles. The smallest absolute Gasteiger partial charge is 0.258 e. The summed E-state index contributed by atoms with van der Waals surface area (Å²) in [5.74, 6) is -0.535. The van der Waals surface area contributed by atoms with Crippen LogP contribution in [-0.2, 0) is 4.79 Å². The molecule has 1 aromatic carbocycles. The monoisotopic (exact) mass is 360 g/mol. The highest BCUT2D eigenvalue weighted by Gasteiger charge is 2.30. The summed E-state index contributed by atoms with van der Waals surface area (Å²) in [5.41, 5.74) is 0.239. The second-order valence-corrected chi connectivity index (χ2v) is 5.37. The summed E-state index contributed by atoms with van der Waals surface area (Å²) in [6.07, 6.45) is 0. The summed E-state index contributed by atoms with van der Waals surface area (Å²) in [6.45, 7) is 2.58. The molecule has 1 atom stereocenters. The number of piperazine rings is 1. The molecule has 1 fully saturated rings. The van der Waals surface area contributed by atoms with Crippen molar-refractivity contribution < 1.29 is 14.7 Å². The zero-order chi connectivity index (χ0) is 13.3. The highest BCUT2D eigenvalue weighted by Crippen LogP contribution is 2.22. The highest BCUT2D eigenvalue weighted by atomic mass is 127. The van der Waals surface area contributed by atoms with E-state index in [1.165, 1.54) is 11.0 Å². The molecular weight excluding hydrogens is 347 g/mol. The summed E-state index contributed by atoms with van der Waals surface area (Å²) in [4.78, 5) is 25.3. The Morgan fingerprint density at radius 3 is 3.00 bits per heavy atom. The Morgan fingerprint density at radius 2 is 2.28 bits per heavy atom. The molecule has 1 saturated heterocycles. The highest BCUT2D eigenvalue weighted by molar-refractivity contribution is 14.1. The van der Waals surface area contributed by atoms with Crippen molar-refractivity contribution in [1.82, 2.24) is 10.2 Å². The van der Waals surface area contributed by atoms with Crippen LogP contribution >= 0.6 is 22.6 Å². The third kappa shape index (κ3) is 2.43. The average Bonchev–Trinajstić information content (AvgIpc) is 2.35.